The Hall–Kier alpha value is -2.63. The standard InChI is InChI=1S/C21H25FN4O/c22-18-7-3-4-8-19(18)25-11-13-26(14-12-25)21(27)16-9-10-23-20(15-16)24-17-5-1-2-6-17/h3-4,7-10,15,17H,1-2,5-6,11-14H2,(H,23,24). The molecule has 0 bridgehead atoms. The van der Waals surface area contributed by atoms with E-state index >= 15 is 0 Å². The topological polar surface area (TPSA) is 48.5 Å². The Kier molecular flexibility index (Phi) is 5.23. The van der Waals surface area contributed by atoms with Crippen molar-refractivity contribution in [1.82, 2.24) is 9.88 Å². The maximum Gasteiger partial charge on any atom is 0.254 e. The highest BCUT2D eigenvalue weighted by molar-refractivity contribution is 5.95. The van der Waals surface area contributed by atoms with Crippen LogP contribution in [0, 0.1) is 5.82 Å². The number of carbonyl (C=O) groups is 1. The lowest BCUT2D eigenvalue weighted by Gasteiger charge is -2.36. The molecule has 1 aromatic carbocycles. The molecule has 0 unspecified atom stereocenters. The van der Waals surface area contributed by atoms with Gasteiger partial charge in [0.15, 0.2) is 0 Å². The van der Waals surface area contributed by atoms with Crippen molar-refractivity contribution in [3.63, 3.8) is 0 Å². The van der Waals surface area contributed by atoms with E-state index in [2.05, 4.69) is 10.3 Å². The largest absolute Gasteiger partial charge is 0.367 e. The maximum atomic E-state index is 14.0. The first kappa shape index (κ1) is 17.8. The van der Waals surface area contributed by atoms with Gasteiger partial charge < -0.3 is 15.1 Å². The minimum absolute atomic E-state index is 0.0139. The van der Waals surface area contributed by atoms with Crippen molar-refractivity contribution in [2.75, 3.05) is 36.4 Å². The smallest absolute Gasteiger partial charge is 0.254 e. The molecule has 0 atom stereocenters. The molecule has 1 amide bonds. The van der Waals surface area contributed by atoms with E-state index in [9.17, 15) is 9.18 Å². The molecule has 1 aliphatic carbocycles. The number of aromatic nitrogens is 1. The number of anilines is 2. The molecule has 1 aromatic heterocycles. The van der Waals surface area contributed by atoms with Gasteiger partial charge in [-0.1, -0.05) is 25.0 Å². The molecule has 2 aromatic rings. The number of amides is 1. The molecule has 27 heavy (non-hydrogen) atoms. The number of benzene rings is 1. The van der Waals surface area contributed by atoms with Gasteiger partial charge in [-0.2, -0.15) is 0 Å². The molecule has 1 aliphatic heterocycles. The Morgan fingerprint density at radius 1 is 1.07 bits per heavy atom. The van der Waals surface area contributed by atoms with Gasteiger partial charge >= 0.3 is 0 Å². The number of hydrogen-bond acceptors (Lipinski definition) is 4. The van der Waals surface area contributed by atoms with E-state index < -0.39 is 0 Å². The van der Waals surface area contributed by atoms with E-state index in [4.69, 9.17) is 0 Å². The SMILES string of the molecule is O=C(c1ccnc(NC2CCCC2)c1)N1CCN(c2ccccc2F)CC1. The first-order valence-electron chi connectivity index (χ1n) is 9.72. The molecule has 0 radical (unpaired) electrons. The molecule has 6 heteroatoms. The van der Waals surface area contributed by atoms with Crippen molar-refractivity contribution in [3.05, 3.63) is 54.0 Å². The second-order valence-corrected chi connectivity index (χ2v) is 7.29. The van der Waals surface area contributed by atoms with Crippen LogP contribution in [-0.4, -0.2) is 48.0 Å². The van der Waals surface area contributed by atoms with E-state index in [-0.39, 0.29) is 11.7 Å². The monoisotopic (exact) mass is 368 g/mol. The quantitative estimate of drug-likeness (QED) is 0.897. The number of halogens is 1. The highest BCUT2D eigenvalue weighted by Gasteiger charge is 2.24. The predicted octanol–water partition coefficient (Wildman–Crippen LogP) is 3.54. The van der Waals surface area contributed by atoms with Gasteiger partial charge in [0.2, 0.25) is 0 Å². The normalized spacial score (nSPS) is 18.0. The van der Waals surface area contributed by atoms with E-state index in [0.29, 0.717) is 43.5 Å². The fourth-order valence-electron chi connectivity index (χ4n) is 3.96. The number of piperazine rings is 1. The average Bonchev–Trinajstić information content (AvgIpc) is 3.21. The van der Waals surface area contributed by atoms with E-state index in [1.165, 1.54) is 18.9 Å². The highest BCUT2D eigenvalue weighted by Crippen LogP contribution is 2.23. The Balaban J connectivity index is 1.38. The summed E-state index contributed by atoms with van der Waals surface area (Å²) in [5.74, 6) is 0.576. The third-order valence-corrected chi connectivity index (χ3v) is 5.47. The minimum atomic E-state index is -0.214. The van der Waals surface area contributed by atoms with Crippen molar-refractivity contribution in [3.8, 4) is 0 Å². The lowest BCUT2D eigenvalue weighted by Crippen LogP contribution is -2.49. The molecule has 1 saturated heterocycles. The van der Waals surface area contributed by atoms with Crippen molar-refractivity contribution in [2.45, 2.75) is 31.7 Å². The van der Waals surface area contributed by atoms with Gasteiger partial charge in [0, 0.05) is 44.0 Å². The number of nitrogens with zero attached hydrogens (tertiary/aromatic N) is 3. The second-order valence-electron chi connectivity index (χ2n) is 7.29. The summed E-state index contributed by atoms with van der Waals surface area (Å²) < 4.78 is 14.0. The van der Waals surface area contributed by atoms with Crippen LogP contribution < -0.4 is 10.2 Å². The number of para-hydroxylation sites is 1. The molecule has 2 fully saturated rings. The van der Waals surface area contributed by atoms with Crippen LogP contribution >= 0.6 is 0 Å². The lowest BCUT2D eigenvalue weighted by atomic mass is 10.2. The molecular formula is C21H25FN4O. The van der Waals surface area contributed by atoms with Gasteiger partial charge in [-0.15, -0.1) is 0 Å². The average molecular weight is 368 g/mol. The van der Waals surface area contributed by atoms with Crippen LogP contribution in [0.25, 0.3) is 0 Å². The summed E-state index contributed by atoms with van der Waals surface area (Å²) in [6.07, 6.45) is 6.53. The van der Waals surface area contributed by atoms with Gasteiger partial charge in [-0.3, -0.25) is 4.79 Å². The first-order chi connectivity index (χ1) is 13.2. The summed E-state index contributed by atoms with van der Waals surface area (Å²) in [5, 5.41) is 3.44. The van der Waals surface area contributed by atoms with E-state index in [1.54, 1.807) is 24.4 Å². The second kappa shape index (κ2) is 7.94. The number of carbonyl (C=O) groups excluding carboxylic acids is 1. The predicted molar refractivity (Wildman–Crippen MR) is 105 cm³/mol. The van der Waals surface area contributed by atoms with E-state index in [0.717, 1.165) is 18.7 Å². The molecule has 142 valence electrons. The molecule has 1 saturated carbocycles. The molecule has 2 aliphatic rings. The Labute approximate surface area is 159 Å². The first-order valence-corrected chi connectivity index (χ1v) is 9.72. The maximum absolute atomic E-state index is 14.0. The van der Waals surface area contributed by atoms with Crippen LogP contribution in [0.2, 0.25) is 0 Å². The van der Waals surface area contributed by atoms with Crippen LogP contribution in [0.15, 0.2) is 42.6 Å². The third-order valence-electron chi connectivity index (χ3n) is 5.47. The zero-order valence-corrected chi connectivity index (χ0v) is 15.4. The van der Waals surface area contributed by atoms with Gasteiger partial charge in [-0.05, 0) is 37.1 Å². The summed E-state index contributed by atoms with van der Waals surface area (Å²) in [5.41, 5.74) is 1.27. The number of nitrogens with one attached hydrogen (secondary N) is 1. The fourth-order valence-corrected chi connectivity index (χ4v) is 3.96. The third kappa shape index (κ3) is 4.04. The Bertz CT molecular complexity index is 798. The molecule has 2 heterocycles. The van der Waals surface area contributed by atoms with Crippen molar-refractivity contribution < 1.29 is 9.18 Å². The molecule has 5 nitrogen and oxygen atoms in total. The van der Waals surface area contributed by atoms with Crippen LogP contribution in [-0.2, 0) is 0 Å². The number of rotatable bonds is 4. The van der Waals surface area contributed by atoms with Gasteiger partial charge in [0.05, 0.1) is 5.69 Å². The molecule has 1 N–H and O–H groups in total. The van der Waals surface area contributed by atoms with Crippen LogP contribution in [0.4, 0.5) is 15.9 Å². The summed E-state index contributed by atoms with van der Waals surface area (Å²) >= 11 is 0. The van der Waals surface area contributed by atoms with Crippen molar-refractivity contribution >= 4 is 17.4 Å². The number of hydrogen-bond donors (Lipinski definition) is 1. The summed E-state index contributed by atoms with van der Waals surface area (Å²) in [4.78, 5) is 21.1. The molecule has 0 spiro atoms. The Morgan fingerprint density at radius 2 is 1.81 bits per heavy atom. The van der Waals surface area contributed by atoms with Crippen LogP contribution in [0.5, 0.6) is 0 Å². The summed E-state index contributed by atoms with van der Waals surface area (Å²) in [6.45, 7) is 2.43. The van der Waals surface area contributed by atoms with E-state index in [1.807, 2.05) is 21.9 Å². The zero-order valence-electron chi connectivity index (χ0n) is 15.4. The van der Waals surface area contributed by atoms with Gasteiger partial charge in [0.1, 0.15) is 11.6 Å². The summed E-state index contributed by atoms with van der Waals surface area (Å²) in [6, 6.07) is 10.9. The van der Waals surface area contributed by atoms with Crippen molar-refractivity contribution in [1.29, 1.82) is 0 Å². The van der Waals surface area contributed by atoms with Crippen LogP contribution in [0.3, 0.4) is 0 Å². The fraction of sp³-hybridized carbons (Fsp3) is 0.429. The van der Waals surface area contributed by atoms with Crippen LogP contribution in [0.1, 0.15) is 36.0 Å². The highest BCUT2D eigenvalue weighted by atomic mass is 19.1. The lowest BCUT2D eigenvalue weighted by molar-refractivity contribution is 0.0746. The van der Waals surface area contributed by atoms with Crippen molar-refractivity contribution in [2.24, 2.45) is 0 Å². The Morgan fingerprint density at radius 3 is 2.56 bits per heavy atom. The summed E-state index contributed by atoms with van der Waals surface area (Å²) in [7, 11) is 0. The molecule has 4 rings (SSSR count). The zero-order chi connectivity index (χ0) is 18.6. The number of pyridine rings is 1. The minimum Gasteiger partial charge on any atom is -0.367 e. The van der Waals surface area contributed by atoms with Gasteiger partial charge in [-0.25, -0.2) is 9.37 Å². The van der Waals surface area contributed by atoms with Gasteiger partial charge in [0.25, 0.3) is 5.91 Å². The molecular weight excluding hydrogens is 343 g/mol.